The van der Waals surface area contributed by atoms with Gasteiger partial charge in [-0.15, -0.1) is 0 Å². The standard InChI is InChI=1S/C24H24ClFN6/c1-2-3-17-15-31(13-12-28-17)22-7-6-21-24(30-22)32(18-8-10-27-11-9-18)23(29-21)19-14-16(25)4-5-20(19)26/h4-11,14,17,28H,2-3,12-13,15H2,1H3/t17-/m1/s1. The molecule has 1 aliphatic rings. The fourth-order valence-electron chi connectivity index (χ4n) is 4.29. The summed E-state index contributed by atoms with van der Waals surface area (Å²) in [5.41, 5.74) is 2.51. The third-order valence-corrected chi connectivity index (χ3v) is 6.03. The van der Waals surface area contributed by atoms with E-state index in [9.17, 15) is 4.39 Å². The Morgan fingerprint density at radius 3 is 2.78 bits per heavy atom. The molecule has 3 aromatic heterocycles. The van der Waals surface area contributed by atoms with Crippen LogP contribution in [0.15, 0.2) is 54.9 Å². The average Bonchev–Trinajstić information content (AvgIpc) is 3.20. The Hall–Kier alpha value is -3.03. The van der Waals surface area contributed by atoms with E-state index in [1.54, 1.807) is 18.5 Å². The van der Waals surface area contributed by atoms with Crippen LogP contribution in [0.1, 0.15) is 19.8 Å². The Labute approximate surface area is 191 Å². The maximum atomic E-state index is 14.8. The van der Waals surface area contributed by atoms with E-state index in [1.807, 2.05) is 28.8 Å². The molecule has 4 aromatic rings. The van der Waals surface area contributed by atoms with Gasteiger partial charge >= 0.3 is 0 Å². The minimum atomic E-state index is -0.384. The first-order valence-electron chi connectivity index (χ1n) is 10.9. The number of nitrogens with one attached hydrogen (secondary N) is 1. The molecule has 1 atom stereocenters. The number of pyridine rings is 2. The predicted octanol–water partition coefficient (Wildman–Crippen LogP) is 4.85. The van der Waals surface area contributed by atoms with Crippen molar-refractivity contribution in [2.45, 2.75) is 25.8 Å². The Kier molecular flexibility index (Phi) is 5.76. The monoisotopic (exact) mass is 450 g/mol. The molecule has 32 heavy (non-hydrogen) atoms. The van der Waals surface area contributed by atoms with Gasteiger partial charge < -0.3 is 10.2 Å². The van der Waals surface area contributed by atoms with Crippen molar-refractivity contribution in [2.24, 2.45) is 0 Å². The number of benzene rings is 1. The molecular formula is C24H24ClFN6. The van der Waals surface area contributed by atoms with E-state index >= 15 is 0 Å². The van der Waals surface area contributed by atoms with Crippen LogP contribution in [0, 0.1) is 5.82 Å². The van der Waals surface area contributed by atoms with E-state index in [4.69, 9.17) is 21.6 Å². The van der Waals surface area contributed by atoms with Crippen LogP contribution in [0.25, 0.3) is 28.2 Å². The number of imidazole rings is 1. The molecule has 1 fully saturated rings. The second-order valence-electron chi connectivity index (χ2n) is 8.00. The van der Waals surface area contributed by atoms with Crippen molar-refractivity contribution in [2.75, 3.05) is 24.5 Å². The van der Waals surface area contributed by atoms with E-state index in [0.29, 0.717) is 33.6 Å². The van der Waals surface area contributed by atoms with Crippen molar-refractivity contribution in [1.82, 2.24) is 24.8 Å². The van der Waals surface area contributed by atoms with Crippen LogP contribution in [0.4, 0.5) is 10.2 Å². The van der Waals surface area contributed by atoms with E-state index in [2.05, 4.69) is 22.1 Å². The zero-order valence-corrected chi connectivity index (χ0v) is 18.6. The van der Waals surface area contributed by atoms with Gasteiger partial charge in [0.15, 0.2) is 5.65 Å². The van der Waals surface area contributed by atoms with Crippen LogP contribution in [0.3, 0.4) is 0 Å². The zero-order valence-electron chi connectivity index (χ0n) is 17.8. The third kappa shape index (κ3) is 3.94. The lowest BCUT2D eigenvalue weighted by molar-refractivity contribution is 0.429. The van der Waals surface area contributed by atoms with Crippen LogP contribution < -0.4 is 10.2 Å². The highest BCUT2D eigenvalue weighted by atomic mass is 35.5. The Balaban J connectivity index is 1.66. The van der Waals surface area contributed by atoms with E-state index < -0.39 is 0 Å². The van der Waals surface area contributed by atoms with Crippen molar-refractivity contribution in [3.05, 3.63) is 65.7 Å². The molecule has 8 heteroatoms. The van der Waals surface area contributed by atoms with Gasteiger partial charge in [0.2, 0.25) is 0 Å². The zero-order chi connectivity index (χ0) is 22.1. The maximum Gasteiger partial charge on any atom is 0.167 e. The molecule has 0 unspecified atom stereocenters. The fraction of sp³-hybridized carbons (Fsp3) is 0.292. The molecular weight excluding hydrogens is 427 g/mol. The number of piperazine rings is 1. The number of rotatable bonds is 5. The molecule has 0 saturated carbocycles. The number of anilines is 1. The van der Waals surface area contributed by atoms with Crippen LogP contribution in [-0.2, 0) is 0 Å². The van der Waals surface area contributed by atoms with E-state index in [0.717, 1.165) is 44.0 Å². The highest BCUT2D eigenvalue weighted by molar-refractivity contribution is 6.30. The van der Waals surface area contributed by atoms with Gasteiger partial charge in [-0.25, -0.2) is 14.4 Å². The first-order valence-corrected chi connectivity index (χ1v) is 11.3. The molecule has 164 valence electrons. The van der Waals surface area contributed by atoms with Gasteiger partial charge in [0, 0.05) is 43.1 Å². The molecule has 0 spiro atoms. The van der Waals surface area contributed by atoms with Crippen LogP contribution in [0.2, 0.25) is 5.02 Å². The lowest BCUT2D eigenvalue weighted by Gasteiger charge is -2.34. The molecule has 0 amide bonds. The summed E-state index contributed by atoms with van der Waals surface area (Å²) in [7, 11) is 0. The van der Waals surface area contributed by atoms with Gasteiger partial charge in [0.1, 0.15) is 23.0 Å². The topological polar surface area (TPSA) is 58.9 Å². The summed E-state index contributed by atoms with van der Waals surface area (Å²) in [4.78, 5) is 16.2. The molecule has 1 N–H and O–H groups in total. The number of nitrogens with zero attached hydrogens (tertiary/aromatic N) is 5. The Morgan fingerprint density at radius 1 is 1.12 bits per heavy atom. The summed E-state index contributed by atoms with van der Waals surface area (Å²) >= 11 is 6.19. The summed E-state index contributed by atoms with van der Waals surface area (Å²) in [6, 6.07) is 12.6. The minimum Gasteiger partial charge on any atom is -0.354 e. The molecule has 4 heterocycles. The highest BCUT2D eigenvalue weighted by Gasteiger charge is 2.23. The van der Waals surface area contributed by atoms with Crippen LogP contribution in [-0.4, -0.2) is 45.2 Å². The summed E-state index contributed by atoms with van der Waals surface area (Å²) in [5, 5.41) is 4.03. The van der Waals surface area contributed by atoms with Gasteiger partial charge in [0.05, 0.1) is 11.3 Å². The average molecular weight is 451 g/mol. The predicted molar refractivity (Wildman–Crippen MR) is 126 cm³/mol. The fourth-order valence-corrected chi connectivity index (χ4v) is 4.46. The van der Waals surface area contributed by atoms with Crippen LogP contribution in [0.5, 0.6) is 0 Å². The van der Waals surface area contributed by atoms with E-state index in [-0.39, 0.29) is 5.82 Å². The second kappa shape index (κ2) is 8.84. The summed E-state index contributed by atoms with van der Waals surface area (Å²) in [6.45, 7) is 4.92. The first kappa shape index (κ1) is 20.8. The van der Waals surface area contributed by atoms with Crippen molar-refractivity contribution < 1.29 is 4.39 Å². The quantitative estimate of drug-likeness (QED) is 0.471. The van der Waals surface area contributed by atoms with Gasteiger partial charge in [-0.3, -0.25) is 9.55 Å². The van der Waals surface area contributed by atoms with Crippen molar-refractivity contribution in [3.8, 4) is 17.1 Å². The normalized spacial score (nSPS) is 16.6. The van der Waals surface area contributed by atoms with Gasteiger partial charge in [0.25, 0.3) is 0 Å². The molecule has 1 saturated heterocycles. The Morgan fingerprint density at radius 2 is 1.97 bits per heavy atom. The molecule has 0 bridgehead atoms. The van der Waals surface area contributed by atoms with Gasteiger partial charge in [-0.05, 0) is 48.9 Å². The summed E-state index contributed by atoms with van der Waals surface area (Å²) < 4.78 is 16.7. The smallest absolute Gasteiger partial charge is 0.167 e. The maximum absolute atomic E-state index is 14.8. The molecule has 0 radical (unpaired) electrons. The molecule has 5 rings (SSSR count). The molecule has 1 aromatic carbocycles. The first-order chi connectivity index (χ1) is 15.6. The second-order valence-corrected chi connectivity index (χ2v) is 8.43. The lowest BCUT2D eigenvalue weighted by atomic mass is 10.1. The number of aromatic nitrogens is 4. The van der Waals surface area contributed by atoms with Gasteiger partial charge in [-0.2, -0.15) is 0 Å². The van der Waals surface area contributed by atoms with Crippen molar-refractivity contribution in [1.29, 1.82) is 0 Å². The molecule has 1 aliphatic heterocycles. The largest absolute Gasteiger partial charge is 0.354 e. The molecule has 6 nitrogen and oxygen atoms in total. The lowest BCUT2D eigenvalue weighted by Crippen LogP contribution is -2.50. The minimum absolute atomic E-state index is 0.332. The summed E-state index contributed by atoms with van der Waals surface area (Å²) in [6.07, 6.45) is 5.68. The van der Waals surface area contributed by atoms with Gasteiger partial charge in [-0.1, -0.05) is 24.9 Å². The number of hydrogen-bond donors (Lipinski definition) is 1. The SMILES string of the molecule is CCC[C@@H]1CN(c2ccc3nc(-c4cc(Cl)ccc4F)n(-c4ccncc4)c3n2)CCN1. The molecule has 0 aliphatic carbocycles. The van der Waals surface area contributed by atoms with Crippen molar-refractivity contribution >= 4 is 28.6 Å². The third-order valence-electron chi connectivity index (χ3n) is 5.80. The number of fused-ring (bicyclic) bond motifs is 1. The van der Waals surface area contributed by atoms with Crippen molar-refractivity contribution in [3.63, 3.8) is 0 Å². The van der Waals surface area contributed by atoms with E-state index in [1.165, 1.54) is 12.1 Å². The van der Waals surface area contributed by atoms with Crippen LogP contribution >= 0.6 is 11.6 Å². The number of halogens is 2. The highest BCUT2D eigenvalue weighted by Crippen LogP contribution is 2.32. The number of hydrogen-bond acceptors (Lipinski definition) is 5. The summed E-state index contributed by atoms with van der Waals surface area (Å²) in [5.74, 6) is 0.971. The Bertz CT molecular complexity index is 1240.